The number of nitriles is 2. The first-order valence-corrected chi connectivity index (χ1v) is 2.65. The summed E-state index contributed by atoms with van der Waals surface area (Å²) in [6.45, 7) is 9.96. The summed E-state index contributed by atoms with van der Waals surface area (Å²) in [6.07, 6.45) is 0. The Balaban J connectivity index is 0. The third kappa shape index (κ3) is 31.8. The average Bonchev–Trinajstić information content (AvgIpc) is 1.89. The molecule has 0 atom stereocenters. The van der Waals surface area contributed by atoms with Crippen molar-refractivity contribution in [1.82, 2.24) is 0 Å². The van der Waals surface area contributed by atoms with Gasteiger partial charge in [0.05, 0.1) is 12.1 Å². The fraction of sp³-hybridized carbons (Fsp3) is 0.250. The summed E-state index contributed by atoms with van der Waals surface area (Å²) in [5, 5.41) is 15.6. The lowest BCUT2D eigenvalue weighted by Gasteiger charge is -1.62. The molecule has 2 nitrogen and oxygen atoms in total. The van der Waals surface area contributed by atoms with E-state index in [0.29, 0.717) is 11.1 Å². The van der Waals surface area contributed by atoms with Crippen LogP contribution < -0.4 is 0 Å². The van der Waals surface area contributed by atoms with Crippen molar-refractivity contribution >= 4 is 0 Å². The molecule has 2 heteroatoms. The summed E-state index contributed by atoms with van der Waals surface area (Å²) in [4.78, 5) is 0. The lowest BCUT2D eigenvalue weighted by atomic mass is 10.4. The van der Waals surface area contributed by atoms with E-state index < -0.39 is 0 Å². The molecule has 0 bridgehead atoms. The largest absolute Gasteiger partial charge is 0.193 e. The van der Waals surface area contributed by atoms with Gasteiger partial charge in [0.1, 0.15) is 0 Å². The third-order valence-electron chi connectivity index (χ3n) is 0.382. The van der Waals surface area contributed by atoms with Gasteiger partial charge in [0.25, 0.3) is 0 Å². The monoisotopic (exact) mass is 134 g/mol. The molecule has 0 aliphatic heterocycles. The Morgan fingerprint density at radius 3 is 1.10 bits per heavy atom. The predicted octanol–water partition coefficient (Wildman–Crippen LogP) is 2.17. The van der Waals surface area contributed by atoms with Crippen molar-refractivity contribution < 1.29 is 0 Å². The Morgan fingerprint density at radius 1 is 1.00 bits per heavy atom. The number of hydrogen-bond donors (Lipinski definition) is 0. The van der Waals surface area contributed by atoms with Crippen molar-refractivity contribution in [3.63, 3.8) is 0 Å². The molecular formula is C8H10N2. The Kier molecular flexibility index (Phi) is 8.42. The van der Waals surface area contributed by atoms with Gasteiger partial charge in [0.15, 0.2) is 0 Å². The van der Waals surface area contributed by atoms with Gasteiger partial charge >= 0.3 is 0 Å². The minimum atomic E-state index is 0.560. The highest BCUT2D eigenvalue weighted by Gasteiger charge is 1.65. The van der Waals surface area contributed by atoms with E-state index in [0.717, 1.165) is 0 Å². The number of allylic oxidation sites excluding steroid dienone is 2. The smallest absolute Gasteiger partial charge is 0.0937 e. The van der Waals surface area contributed by atoms with Crippen LogP contribution in [0.3, 0.4) is 0 Å². The van der Waals surface area contributed by atoms with Crippen LogP contribution in [0.25, 0.3) is 0 Å². The SMILES string of the molecule is C=C(C)C#N.C=C(C)C#N. The van der Waals surface area contributed by atoms with Gasteiger partial charge in [-0.05, 0) is 13.8 Å². The van der Waals surface area contributed by atoms with Gasteiger partial charge in [-0.15, -0.1) is 0 Å². The molecule has 0 aromatic rings. The maximum Gasteiger partial charge on any atom is 0.0937 e. The molecule has 0 amide bonds. The van der Waals surface area contributed by atoms with Crippen molar-refractivity contribution in [1.29, 1.82) is 10.5 Å². The minimum Gasteiger partial charge on any atom is -0.193 e. The van der Waals surface area contributed by atoms with Crippen LogP contribution in [-0.2, 0) is 0 Å². The van der Waals surface area contributed by atoms with E-state index >= 15 is 0 Å². The Hall–Kier alpha value is -1.54. The van der Waals surface area contributed by atoms with Crippen LogP contribution in [0.2, 0.25) is 0 Å². The Labute approximate surface area is 61.7 Å². The molecule has 0 saturated heterocycles. The molecule has 0 rings (SSSR count). The molecule has 0 aromatic carbocycles. The molecule has 0 aliphatic rings. The van der Waals surface area contributed by atoms with Gasteiger partial charge in [-0.1, -0.05) is 13.2 Å². The molecule has 0 aliphatic carbocycles. The number of nitrogens with zero attached hydrogens (tertiary/aromatic N) is 2. The molecule has 0 spiro atoms. The van der Waals surface area contributed by atoms with Crippen LogP contribution in [-0.4, -0.2) is 0 Å². The maximum absolute atomic E-state index is 7.79. The third-order valence-corrected chi connectivity index (χ3v) is 0.382. The van der Waals surface area contributed by atoms with E-state index in [4.69, 9.17) is 10.5 Å². The summed E-state index contributed by atoms with van der Waals surface area (Å²) in [5.41, 5.74) is 1.12. The van der Waals surface area contributed by atoms with E-state index in [9.17, 15) is 0 Å². The first kappa shape index (κ1) is 11.3. The molecule has 0 aromatic heterocycles. The van der Waals surface area contributed by atoms with Crippen LogP contribution in [0.15, 0.2) is 24.3 Å². The van der Waals surface area contributed by atoms with Gasteiger partial charge < -0.3 is 0 Å². The highest BCUT2D eigenvalue weighted by Crippen LogP contribution is 1.75. The summed E-state index contributed by atoms with van der Waals surface area (Å²) >= 11 is 0. The standard InChI is InChI=1S/2C4H5N/c2*1-4(2)3-5/h2*1H2,2H3. The fourth-order valence-corrected chi connectivity index (χ4v) is 0. The molecule has 0 radical (unpaired) electrons. The summed E-state index contributed by atoms with van der Waals surface area (Å²) < 4.78 is 0. The van der Waals surface area contributed by atoms with E-state index in [1.807, 2.05) is 12.1 Å². The second-order valence-electron chi connectivity index (χ2n) is 1.78. The quantitative estimate of drug-likeness (QED) is 0.476. The van der Waals surface area contributed by atoms with Crippen LogP contribution in [0, 0.1) is 22.7 Å². The molecule has 0 N–H and O–H groups in total. The topological polar surface area (TPSA) is 47.6 Å². The maximum atomic E-state index is 7.79. The molecule has 52 valence electrons. The summed E-state index contributed by atoms with van der Waals surface area (Å²) in [5.74, 6) is 0. The zero-order valence-corrected chi connectivity index (χ0v) is 6.31. The van der Waals surface area contributed by atoms with Crippen LogP contribution >= 0.6 is 0 Å². The average molecular weight is 134 g/mol. The van der Waals surface area contributed by atoms with Crippen molar-refractivity contribution in [3.8, 4) is 12.1 Å². The van der Waals surface area contributed by atoms with Crippen molar-refractivity contribution in [2.24, 2.45) is 0 Å². The van der Waals surface area contributed by atoms with Gasteiger partial charge in [0.2, 0.25) is 0 Å². The number of hydrogen-bond acceptors (Lipinski definition) is 2. The lowest BCUT2D eigenvalue weighted by Crippen LogP contribution is -1.52. The van der Waals surface area contributed by atoms with Crippen molar-refractivity contribution in [2.75, 3.05) is 0 Å². The van der Waals surface area contributed by atoms with Gasteiger partial charge in [0, 0.05) is 11.1 Å². The highest BCUT2D eigenvalue weighted by molar-refractivity contribution is 5.11. The van der Waals surface area contributed by atoms with Gasteiger partial charge in [-0.3, -0.25) is 0 Å². The second kappa shape index (κ2) is 7.46. The number of rotatable bonds is 0. The molecular weight excluding hydrogens is 124 g/mol. The van der Waals surface area contributed by atoms with Crippen LogP contribution in [0.1, 0.15) is 13.8 Å². The zero-order chi connectivity index (χ0) is 8.57. The molecule has 0 unspecified atom stereocenters. The normalized spacial score (nSPS) is 5.60. The van der Waals surface area contributed by atoms with E-state index in [2.05, 4.69) is 13.2 Å². The van der Waals surface area contributed by atoms with Crippen molar-refractivity contribution in [2.45, 2.75) is 13.8 Å². The molecule has 0 saturated carbocycles. The van der Waals surface area contributed by atoms with E-state index in [-0.39, 0.29) is 0 Å². The van der Waals surface area contributed by atoms with E-state index in [1.165, 1.54) is 0 Å². The first-order chi connectivity index (χ1) is 4.54. The molecule has 10 heavy (non-hydrogen) atoms. The Bertz CT molecular complexity index is 176. The lowest BCUT2D eigenvalue weighted by molar-refractivity contribution is 1.46. The van der Waals surface area contributed by atoms with E-state index in [1.54, 1.807) is 13.8 Å². The van der Waals surface area contributed by atoms with Crippen molar-refractivity contribution in [3.05, 3.63) is 24.3 Å². The van der Waals surface area contributed by atoms with Gasteiger partial charge in [-0.25, -0.2) is 0 Å². The molecule has 0 heterocycles. The van der Waals surface area contributed by atoms with Crippen LogP contribution in [0.4, 0.5) is 0 Å². The van der Waals surface area contributed by atoms with Crippen LogP contribution in [0.5, 0.6) is 0 Å². The predicted molar refractivity (Wildman–Crippen MR) is 40.9 cm³/mol. The molecule has 0 fully saturated rings. The summed E-state index contributed by atoms with van der Waals surface area (Å²) in [6, 6.07) is 3.67. The Morgan fingerprint density at radius 2 is 1.10 bits per heavy atom. The minimum absolute atomic E-state index is 0.560. The second-order valence-corrected chi connectivity index (χ2v) is 1.78. The fourth-order valence-electron chi connectivity index (χ4n) is 0. The summed E-state index contributed by atoms with van der Waals surface area (Å²) in [7, 11) is 0. The first-order valence-electron chi connectivity index (χ1n) is 2.65. The zero-order valence-electron chi connectivity index (χ0n) is 6.31. The highest BCUT2D eigenvalue weighted by atomic mass is 14.2. The van der Waals surface area contributed by atoms with Gasteiger partial charge in [-0.2, -0.15) is 10.5 Å².